The van der Waals surface area contributed by atoms with Crippen LogP contribution in [-0.4, -0.2) is 10.5 Å². The van der Waals surface area contributed by atoms with Crippen molar-refractivity contribution in [2.45, 2.75) is 39.8 Å². The maximum atomic E-state index is 5.80. The lowest BCUT2D eigenvalue weighted by molar-refractivity contribution is 0.422. The van der Waals surface area contributed by atoms with Crippen LogP contribution in [0.15, 0.2) is 36.4 Å². The van der Waals surface area contributed by atoms with Gasteiger partial charge < -0.3 is 10.1 Å². The zero-order chi connectivity index (χ0) is 15.5. The van der Waals surface area contributed by atoms with E-state index in [1.54, 1.807) is 0 Å². The Morgan fingerprint density at radius 2 is 1.95 bits per heavy atom. The summed E-state index contributed by atoms with van der Waals surface area (Å²) in [5.41, 5.74) is 2.29. The molecule has 0 aliphatic heterocycles. The smallest absolute Gasteiger partial charge is 0.219 e. The van der Waals surface area contributed by atoms with E-state index in [2.05, 4.69) is 59.7 Å². The molecule has 1 N–H and O–H groups in total. The second-order valence-electron chi connectivity index (χ2n) is 6.06. The summed E-state index contributed by atoms with van der Waals surface area (Å²) in [7, 11) is 0. The Bertz CT molecular complexity index is 620. The standard InChI is InChI=1S/C17H21IN2O/c1-12-13(11-19-17(2,3)4)8-9-16(20-12)21-15-7-5-6-14(18)10-15/h5-10,19H,11H2,1-4H3. The van der Waals surface area contributed by atoms with E-state index < -0.39 is 0 Å². The number of rotatable bonds is 4. The van der Waals surface area contributed by atoms with Crippen LogP contribution in [0.1, 0.15) is 32.0 Å². The molecule has 0 bridgehead atoms. The van der Waals surface area contributed by atoms with Gasteiger partial charge in [-0.25, -0.2) is 4.98 Å². The molecule has 3 nitrogen and oxygen atoms in total. The first-order chi connectivity index (χ1) is 9.83. The fraction of sp³-hybridized carbons (Fsp3) is 0.353. The molecular formula is C17H21IN2O. The molecule has 21 heavy (non-hydrogen) atoms. The third-order valence-electron chi connectivity index (χ3n) is 3.00. The van der Waals surface area contributed by atoms with E-state index in [1.807, 2.05) is 37.3 Å². The van der Waals surface area contributed by atoms with Crippen LogP contribution in [-0.2, 0) is 6.54 Å². The summed E-state index contributed by atoms with van der Waals surface area (Å²) in [4.78, 5) is 4.53. The molecule has 0 radical (unpaired) electrons. The highest BCUT2D eigenvalue weighted by Gasteiger charge is 2.10. The van der Waals surface area contributed by atoms with Crippen LogP contribution >= 0.6 is 22.6 Å². The second-order valence-corrected chi connectivity index (χ2v) is 7.30. The summed E-state index contributed by atoms with van der Waals surface area (Å²) in [5.74, 6) is 1.45. The maximum absolute atomic E-state index is 5.80. The lowest BCUT2D eigenvalue weighted by Gasteiger charge is -2.21. The van der Waals surface area contributed by atoms with Gasteiger partial charge in [0.25, 0.3) is 0 Å². The van der Waals surface area contributed by atoms with E-state index in [0.717, 1.165) is 21.6 Å². The largest absolute Gasteiger partial charge is 0.439 e. The highest BCUT2D eigenvalue weighted by Crippen LogP contribution is 2.22. The predicted molar refractivity (Wildman–Crippen MR) is 94.8 cm³/mol. The number of pyridine rings is 1. The highest BCUT2D eigenvalue weighted by atomic mass is 127. The molecule has 0 aliphatic rings. The fourth-order valence-electron chi connectivity index (χ4n) is 1.82. The van der Waals surface area contributed by atoms with Crippen molar-refractivity contribution in [2.24, 2.45) is 0 Å². The molecule has 2 aromatic rings. The zero-order valence-corrected chi connectivity index (χ0v) is 15.1. The van der Waals surface area contributed by atoms with Crippen LogP contribution < -0.4 is 10.1 Å². The Balaban J connectivity index is 2.08. The van der Waals surface area contributed by atoms with Gasteiger partial charge in [-0.3, -0.25) is 0 Å². The Labute approximate surface area is 140 Å². The first-order valence-electron chi connectivity index (χ1n) is 6.98. The van der Waals surface area contributed by atoms with Crippen LogP contribution in [0.2, 0.25) is 0 Å². The van der Waals surface area contributed by atoms with Crippen molar-refractivity contribution < 1.29 is 4.74 Å². The number of hydrogen-bond acceptors (Lipinski definition) is 3. The Morgan fingerprint density at radius 3 is 2.57 bits per heavy atom. The van der Waals surface area contributed by atoms with E-state index in [1.165, 1.54) is 5.56 Å². The number of aromatic nitrogens is 1. The minimum absolute atomic E-state index is 0.0995. The van der Waals surface area contributed by atoms with Crippen LogP contribution in [0.5, 0.6) is 11.6 Å². The molecule has 1 aromatic carbocycles. The van der Waals surface area contributed by atoms with Crippen molar-refractivity contribution in [2.75, 3.05) is 0 Å². The van der Waals surface area contributed by atoms with Crippen LogP contribution in [0.3, 0.4) is 0 Å². The Morgan fingerprint density at radius 1 is 1.19 bits per heavy atom. The SMILES string of the molecule is Cc1nc(Oc2cccc(I)c2)ccc1CNC(C)(C)C. The van der Waals surface area contributed by atoms with E-state index in [0.29, 0.717) is 5.88 Å². The van der Waals surface area contributed by atoms with Crippen LogP contribution in [0.4, 0.5) is 0 Å². The summed E-state index contributed by atoms with van der Waals surface area (Å²) < 4.78 is 6.95. The summed E-state index contributed by atoms with van der Waals surface area (Å²) in [6, 6.07) is 11.9. The lowest BCUT2D eigenvalue weighted by Crippen LogP contribution is -2.35. The summed E-state index contributed by atoms with van der Waals surface area (Å²) in [5, 5.41) is 3.47. The molecule has 0 spiro atoms. The minimum atomic E-state index is 0.0995. The minimum Gasteiger partial charge on any atom is -0.439 e. The van der Waals surface area contributed by atoms with E-state index >= 15 is 0 Å². The number of benzene rings is 1. The average molecular weight is 396 g/mol. The molecule has 0 unspecified atom stereocenters. The molecule has 112 valence electrons. The van der Waals surface area contributed by atoms with Gasteiger partial charge in [-0.2, -0.15) is 0 Å². The Kier molecular flexibility index (Phi) is 5.22. The second kappa shape index (κ2) is 6.75. The fourth-order valence-corrected chi connectivity index (χ4v) is 2.34. The molecule has 1 aromatic heterocycles. The van der Waals surface area contributed by atoms with Gasteiger partial charge in [0.15, 0.2) is 0 Å². The molecular weight excluding hydrogens is 375 g/mol. The van der Waals surface area contributed by atoms with Crippen molar-refractivity contribution >= 4 is 22.6 Å². The van der Waals surface area contributed by atoms with Gasteiger partial charge in [-0.1, -0.05) is 12.1 Å². The van der Waals surface area contributed by atoms with Crippen molar-refractivity contribution in [1.82, 2.24) is 10.3 Å². The van der Waals surface area contributed by atoms with Crippen molar-refractivity contribution in [3.63, 3.8) is 0 Å². The molecule has 1 heterocycles. The molecule has 0 fully saturated rings. The van der Waals surface area contributed by atoms with Gasteiger partial charge in [0.05, 0.1) is 0 Å². The molecule has 0 saturated heterocycles. The first kappa shape index (κ1) is 16.2. The third kappa shape index (κ3) is 5.28. The van der Waals surface area contributed by atoms with Crippen LogP contribution in [0, 0.1) is 10.5 Å². The summed E-state index contributed by atoms with van der Waals surface area (Å²) in [6.45, 7) is 9.30. The van der Waals surface area contributed by atoms with Gasteiger partial charge in [0.2, 0.25) is 5.88 Å². The monoisotopic (exact) mass is 396 g/mol. The van der Waals surface area contributed by atoms with E-state index in [4.69, 9.17) is 4.74 Å². The number of hydrogen-bond donors (Lipinski definition) is 1. The molecule has 0 aliphatic carbocycles. The number of nitrogens with one attached hydrogen (secondary N) is 1. The normalized spacial score (nSPS) is 11.5. The molecule has 0 saturated carbocycles. The molecule has 2 rings (SSSR count). The van der Waals surface area contributed by atoms with Crippen molar-refractivity contribution in [3.05, 3.63) is 51.2 Å². The molecule has 4 heteroatoms. The third-order valence-corrected chi connectivity index (χ3v) is 3.67. The molecule has 0 atom stereocenters. The number of halogens is 1. The summed E-state index contributed by atoms with van der Waals surface area (Å²) >= 11 is 2.27. The highest BCUT2D eigenvalue weighted by molar-refractivity contribution is 14.1. The van der Waals surface area contributed by atoms with Gasteiger partial charge in [-0.05, 0) is 74.0 Å². The predicted octanol–water partition coefficient (Wildman–Crippen LogP) is 4.68. The number of ether oxygens (including phenoxy) is 1. The van der Waals surface area contributed by atoms with Crippen molar-refractivity contribution in [1.29, 1.82) is 0 Å². The number of aryl methyl sites for hydroxylation is 1. The topological polar surface area (TPSA) is 34.1 Å². The quantitative estimate of drug-likeness (QED) is 0.763. The average Bonchev–Trinajstić information content (AvgIpc) is 2.36. The van der Waals surface area contributed by atoms with Crippen LogP contribution in [0.25, 0.3) is 0 Å². The Hall–Kier alpha value is -1.14. The zero-order valence-electron chi connectivity index (χ0n) is 12.9. The van der Waals surface area contributed by atoms with Gasteiger partial charge in [0, 0.05) is 27.4 Å². The van der Waals surface area contributed by atoms with E-state index in [-0.39, 0.29) is 5.54 Å². The number of nitrogens with zero attached hydrogens (tertiary/aromatic N) is 1. The first-order valence-corrected chi connectivity index (χ1v) is 8.06. The summed E-state index contributed by atoms with van der Waals surface area (Å²) in [6.07, 6.45) is 0. The van der Waals surface area contributed by atoms with Crippen molar-refractivity contribution in [3.8, 4) is 11.6 Å². The maximum Gasteiger partial charge on any atom is 0.219 e. The van der Waals surface area contributed by atoms with Gasteiger partial charge >= 0.3 is 0 Å². The molecule has 0 amide bonds. The van der Waals surface area contributed by atoms with E-state index in [9.17, 15) is 0 Å². The van der Waals surface area contributed by atoms with Gasteiger partial charge in [0.1, 0.15) is 5.75 Å². The van der Waals surface area contributed by atoms with Gasteiger partial charge in [-0.15, -0.1) is 0 Å². The lowest BCUT2D eigenvalue weighted by atomic mass is 10.1.